The van der Waals surface area contributed by atoms with Crippen LogP contribution in [0.25, 0.3) is 0 Å². The van der Waals surface area contributed by atoms with Crippen molar-refractivity contribution in [3.8, 4) is 5.75 Å². The standard InChI is InChI=1S/C13H16N4O3/c1-19-12-6-9(2-3-11(12)13(14)16-18)7-15-8-10-4-5-20-17-10/h2-6,15,18H,7-8H2,1H3,(H2,14,16). The molecule has 0 spiro atoms. The number of nitrogens with zero attached hydrogens (tertiary/aromatic N) is 2. The Morgan fingerprint density at radius 2 is 2.30 bits per heavy atom. The number of benzene rings is 1. The Morgan fingerprint density at radius 1 is 1.45 bits per heavy atom. The molecule has 106 valence electrons. The van der Waals surface area contributed by atoms with Crippen molar-refractivity contribution in [2.45, 2.75) is 13.1 Å². The molecule has 20 heavy (non-hydrogen) atoms. The number of methoxy groups -OCH3 is 1. The van der Waals surface area contributed by atoms with Gasteiger partial charge in [0.25, 0.3) is 0 Å². The maximum atomic E-state index is 8.70. The minimum absolute atomic E-state index is 0.0176. The Hall–Kier alpha value is -2.54. The molecule has 0 atom stereocenters. The van der Waals surface area contributed by atoms with Gasteiger partial charge in [-0.1, -0.05) is 16.4 Å². The number of amidine groups is 1. The van der Waals surface area contributed by atoms with E-state index in [1.54, 1.807) is 12.1 Å². The number of rotatable bonds is 6. The van der Waals surface area contributed by atoms with Gasteiger partial charge in [0.2, 0.25) is 0 Å². The summed E-state index contributed by atoms with van der Waals surface area (Å²) in [6.07, 6.45) is 1.53. The van der Waals surface area contributed by atoms with E-state index in [1.807, 2.05) is 12.1 Å². The van der Waals surface area contributed by atoms with Gasteiger partial charge in [-0.2, -0.15) is 0 Å². The van der Waals surface area contributed by atoms with Gasteiger partial charge >= 0.3 is 0 Å². The van der Waals surface area contributed by atoms with Crippen molar-refractivity contribution in [2.24, 2.45) is 10.9 Å². The second-order valence-corrected chi connectivity index (χ2v) is 4.11. The molecule has 1 heterocycles. The van der Waals surface area contributed by atoms with Gasteiger partial charge in [-0.05, 0) is 17.7 Å². The summed E-state index contributed by atoms with van der Waals surface area (Å²) in [5.74, 6) is 0.574. The van der Waals surface area contributed by atoms with Crippen molar-refractivity contribution < 1.29 is 14.5 Å². The number of nitrogens with one attached hydrogen (secondary N) is 1. The summed E-state index contributed by atoms with van der Waals surface area (Å²) in [5, 5.41) is 18.7. The molecule has 0 amide bonds. The van der Waals surface area contributed by atoms with Gasteiger partial charge < -0.3 is 25.5 Å². The summed E-state index contributed by atoms with van der Waals surface area (Å²) >= 11 is 0. The maximum absolute atomic E-state index is 8.70. The highest BCUT2D eigenvalue weighted by atomic mass is 16.5. The molecule has 4 N–H and O–H groups in total. The molecule has 0 radical (unpaired) electrons. The van der Waals surface area contributed by atoms with Crippen LogP contribution in [0, 0.1) is 0 Å². The number of aromatic nitrogens is 1. The third-order valence-electron chi connectivity index (χ3n) is 2.78. The number of hydrogen-bond donors (Lipinski definition) is 3. The fourth-order valence-corrected chi connectivity index (χ4v) is 1.77. The van der Waals surface area contributed by atoms with Gasteiger partial charge in [-0.25, -0.2) is 0 Å². The molecular weight excluding hydrogens is 260 g/mol. The van der Waals surface area contributed by atoms with Crippen LogP contribution in [-0.4, -0.2) is 23.3 Å². The first kappa shape index (κ1) is 13.9. The minimum Gasteiger partial charge on any atom is -0.496 e. The van der Waals surface area contributed by atoms with Gasteiger partial charge in [0.15, 0.2) is 5.84 Å². The third-order valence-corrected chi connectivity index (χ3v) is 2.78. The van der Waals surface area contributed by atoms with Gasteiger partial charge in [0, 0.05) is 19.2 Å². The van der Waals surface area contributed by atoms with Crippen LogP contribution in [0.3, 0.4) is 0 Å². The van der Waals surface area contributed by atoms with Crippen molar-refractivity contribution in [3.05, 3.63) is 47.3 Å². The Balaban J connectivity index is 2.02. The number of hydrogen-bond acceptors (Lipinski definition) is 6. The van der Waals surface area contributed by atoms with E-state index in [0.717, 1.165) is 11.3 Å². The Bertz CT molecular complexity index is 581. The molecule has 7 heteroatoms. The molecule has 2 aromatic rings. The lowest BCUT2D eigenvalue weighted by Crippen LogP contribution is -2.16. The molecule has 0 fully saturated rings. The zero-order valence-electron chi connectivity index (χ0n) is 11.0. The molecule has 0 bridgehead atoms. The van der Waals surface area contributed by atoms with Gasteiger partial charge in [-0.3, -0.25) is 0 Å². The summed E-state index contributed by atoms with van der Waals surface area (Å²) in [5.41, 5.74) is 7.97. The third kappa shape index (κ3) is 3.27. The summed E-state index contributed by atoms with van der Waals surface area (Å²) in [6, 6.07) is 7.27. The van der Waals surface area contributed by atoms with Crippen molar-refractivity contribution in [1.82, 2.24) is 10.5 Å². The first-order chi connectivity index (χ1) is 9.74. The molecule has 0 aliphatic heterocycles. The SMILES string of the molecule is COc1cc(CNCc2ccon2)ccc1/C(N)=N/O. The van der Waals surface area contributed by atoms with E-state index >= 15 is 0 Å². The normalized spacial score (nSPS) is 11.6. The summed E-state index contributed by atoms with van der Waals surface area (Å²) in [4.78, 5) is 0. The van der Waals surface area contributed by atoms with Crippen LogP contribution in [-0.2, 0) is 13.1 Å². The van der Waals surface area contributed by atoms with E-state index in [1.165, 1.54) is 13.4 Å². The van der Waals surface area contributed by atoms with Crippen LogP contribution in [0.1, 0.15) is 16.8 Å². The largest absolute Gasteiger partial charge is 0.496 e. The molecule has 0 aliphatic carbocycles. The van der Waals surface area contributed by atoms with E-state index in [2.05, 4.69) is 15.6 Å². The molecule has 0 aliphatic rings. The summed E-state index contributed by atoms with van der Waals surface area (Å²) < 4.78 is 9.98. The molecule has 0 unspecified atom stereocenters. The quantitative estimate of drug-likeness (QED) is 0.315. The average molecular weight is 276 g/mol. The Morgan fingerprint density at radius 3 is 2.95 bits per heavy atom. The van der Waals surface area contributed by atoms with Gasteiger partial charge in [0.1, 0.15) is 12.0 Å². The predicted octanol–water partition coefficient (Wildman–Crippen LogP) is 1.07. The topological polar surface area (TPSA) is 106 Å². The highest BCUT2D eigenvalue weighted by Gasteiger charge is 2.08. The monoisotopic (exact) mass is 276 g/mol. The van der Waals surface area contributed by atoms with Crippen LogP contribution < -0.4 is 15.8 Å². The summed E-state index contributed by atoms with van der Waals surface area (Å²) in [7, 11) is 1.54. The van der Waals surface area contributed by atoms with Crippen LogP contribution in [0.15, 0.2) is 40.2 Å². The molecule has 2 rings (SSSR count). The van der Waals surface area contributed by atoms with Crippen LogP contribution >= 0.6 is 0 Å². The zero-order valence-corrected chi connectivity index (χ0v) is 11.0. The van der Waals surface area contributed by atoms with Gasteiger partial charge in [0.05, 0.1) is 18.4 Å². The maximum Gasteiger partial charge on any atom is 0.173 e. The Labute approximate surface area is 116 Å². The van der Waals surface area contributed by atoms with E-state index in [9.17, 15) is 0 Å². The van der Waals surface area contributed by atoms with E-state index in [-0.39, 0.29) is 5.84 Å². The predicted molar refractivity (Wildman–Crippen MR) is 72.6 cm³/mol. The minimum atomic E-state index is 0.0176. The molecule has 0 saturated carbocycles. The second kappa shape index (κ2) is 6.58. The lowest BCUT2D eigenvalue weighted by molar-refractivity contribution is 0.318. The van der Waals surface area contributed by atoms with Crippen molar-refractivity contribution >= 4 is 5.84 Å². The number of oxime groups is 1. The first-order valence-corrected chi connectivity index (χ1v) is 5.99. The number of nitrogens with two attached hydrogens (primary N) is 1. The Kier molecular flexibility index (Phi) is 4.56. The lowest BCUT2D eigenvalue weighted by atomic mass is 10.1. The highest BCUT2D eigenvalue weighted by molar-refractivity contribution is 5.99. The van der Waals surface area contributed by atoms with Gasteiger partial charge in [-0.15, -0.1) is 0 Å². The molecular formula is C13H16N4O3. The fourth-order valence-electron chi connectivity index (χ4n) is 1.77. The second-order valence-electron chi connectivity index (χ2n) is 4.11. The van der Waals surface area contributed by atoms with Crippen LogP contribution in [0.2, 0.25) is 0 Å². The molecule has 0 saturated heterocycles. The first-order valence-electron chi connectivity index (χ1n) is 5.99. The number of ether oxygens (including phenoxy) is 1. The smallest absolute Gasteiger partial charge is 0.173 e. The fraction of sp³-hybridized carbons (Fsp3) is 0.231. The summed E-state index contributed by atoms with van der Waals surface area (Å²) in [6.45, 7) is 1.25. The molecule has 7 nitrogen and oxygen atoms in total. The molecule has 1 aromatic heterocycles. The van der Waals surface area contributed by atoms with Crippen molar-refractivity contribution in [1.29, 1.82) is 0 Å². The molecule has 1 aromatic carbocycles. The van der Waals surface area contributed by atoms with E-state index in [0.29, 0.717) is 24.4 Å². The van der Waals surface area contributed by atoms with Crippen molar-refractivity contribution in [3.63, 3.8) is 0 Å². The van der Waals surface area contributed by atoms with E-state index < -0.39 is 0 Å². The van der Waals surface area contributed by atoms with Crippen LogP contribution in [0.5, 0.6) is 5.75 Å². The van der Waals surface area contributed by atoms with Crippen LogP contribution in [0.4, 0.5) is 0 Å². The van der Waals surface area contributed by atoms with Crippen molar-refractivity contribution in [2.75, 3.05) is 7.11 Å². The van der Waals surface area contributed by atoms with E-state index in [4.69, 9.17) is 20.2 Å². The zero-order chi connectivity index (χ0) is 14.4. The lowest BCUT2D eigenvalue weighted by Gasteiger charge is -2.10. The average Bonchev–Trinajstić information content (AvgIpc) is 2.99. The highest BCUT2D eigenvalue weighted by Crippen LogP contribution is 2.20.